The Kier molecular flexibility index (Phi) is 3.14. The van der Waals surface area contributed by atoms with Gasteiger partial charge in [-0.25, -0.2) is 4.63 Å². The maximum Gasteiger partial charge on any atom is 0.243 e. The Morgan fingerprint density at radius 2 is 1.95 bits per heavy atom. The number of aromatic nitrogens is 5. The summed E-state index contributed by atoms with van der Waals surface area (Å²) in [5.74, 6) is 1.62. The number of methoxy groups -OCH3 is 2. The van der Waals surface area contributed by atoms with Crippen LogP contribution in [0.25, 0.3) is 17.1 Å². The molecule has 108 valence electrons. The van der Waals surface area contributed by atoms with E-state index in [4.69, 9.17) is 15.2 Å². The molecule has 0 aliphatic rings. The molecule has 0 radical (unpaired) electrons. The molecule has 0 saturated heterocycles. The molecule has 21 heavy (non-hydrogen) atoms. The number of nitrogen functional groups attached to an aromatic ring is 1. The van der Waals surface area contributed by atoms with Gasteiger partial charge in [-0.05, 0) is 28.5 Å². The first-order chi connectivity index (χ1) is 10.2. The van der Waals surface area contributed by atoms with Crippen LogP contribution in [0.5, 0.6) is 11.5 Å². The van der Waals surface area contributed by atoms with Gasteiger partial charge in [0.25, 0.3) is 0 Å². The third kappa shape index (κ3) is 2.14. The molecular formula is C12H12N6O3. The lowest BCUT2D eigenvalue weighted by atomic mass is 10.1. The number of nitrogens with zero attached hydrogens (tertiary/aromatic N) is 5. The largest absolute Gasteiger partial charge is 0.493 e. The molecule has 1 aromatic carbocycles. The Hall–Kier alpha value is -3.10. The molecule has 0 atom stereocenters. The van der Waals surface area contributed by atoms with Crippen LogP contribution in [0.4, 0.5) is 5.82 Å². The van der Waals surface area contributed by atoms with E-state index in [1.165, 1.54) is 4.68 Å². The lowest BCUT2D eigenvalue weighted by Crippen LogP contribution is -2.03. The second kappa shape index (κ2) is 5.12. The normalized spacial score (nSPS) is 10.6. The summed E-state index contributed by atoms with van der Waals surface area (Å²) in [6.45, 7) is 0. The topological polar surface area (TPSA) is 114 Å². The van der Waals surface area contributed by atoms with Crippen LogP contribution in [0, 0.1) is 0 Å². The summed E-state index contributed by atoms with van der Waals surface area (Å²) in [6, 6.07) is 5.44. The summed E-state index contributed by atoms with van der Waals surface area (Å²) in [4.78, 5) is 0. The van der Waals surface area contributed by atoms with Crippen LogP contribution in [-0.2, 0) is 0 Å². The van der Waals surface area contributed by atoms with Gasteiger partial charge in [-0.2, -0.15) is 4.68 Å². The van der Waals surface area contributed by atoms with Crippen molar-refractivity contribution in [2.75, 3.05) is 20.0 Å². The van der Waals surface area contributed by atoms with Gasteiger partial charge in [0.2, 0.25) is 11.6 Å². The van der Waals surface area contributed by atoms with Crippen molar-refractivity contribution in [3.05, 3.63) is 24.4 Å². The first-order valence-electron chi connectivity index (χ1n) is 5.96. The molecule has 0 fully saturated rings. The maximum atomic E-state index is 5.68. The first kappa shape index (κ1) is 12.9. The van der Waals surface area contributed by atoms with E-state index in [1.54, 1.807) is 32.5 Å². The van der Waals surface area contributed by atoms with Crippen LogP contribution < -0.4 is 15.2 Å². The van der Waals surface area contributed by atoms with Gasteiger partial charge in [0.1, 0.15) is 0 Å². The van der Waals surface area contributed by atoms with E-state index in [-0.39, 0.29) is 11.6 Å². The molecule has 0 unspecified atom stereocenters. The van der Waals surface area contributed by atoms with Crippen molar-refractivity contribution in [3.63, 3.8) is 0 Å². The lowest BCUT2D eigenvalue weighted by molar-refractivity contribution is 0.307. The molecule has 9 heteroatoms. The smallest absolute Gasteiger partial charge is 0.243 e. The Bertz CT molecular complexity index is 766. The van der Waals surface area contributed by atoms with Gasteiger partial charge in [-0.1, -0.05) is 5.21 Å². The van der Waals surface area contributed by atoms with Crippen LogP contribution in [0.3, 0.4) is 0 Å². The third-order valence-electron chi connectivity index (χ3n) is 2.92. The zero-order chi connectivity index (χ0) is 14.8. The SMILES string of the molecule is COc1ccc(-c2cnnn2-c2nonc2N)cc1OC. The molecule has 3 rings (SSSR count). The van der Waals surface area contributed by atoms with E-state index >= 15 is 0 Å². The number of rotatable bonds is 4. The standard InChI is InChI=1S/C12H12N6O3/c1-19-9-4-3-7(5-10(9)20-2)8-6-14-17-18(8)12-11(13)15-21-16-12/h3-6H,1-2H3,(H2,13,15). The molecular weight excluding hydrogens is 276 g/mol. The molecule has 9 nitrogen and oxygen atoms in total. The highest BCUT2D eigenvalue weighted by atomic mass is 16.6. The molecule has 0 spiro atoms. The number of benzene rings is 1. The van der Waals surface area contributed by atoms with Crippen molar-refractivity contribution in [2.24, 2.45) is 0 Å². The lowest BCUT2D eigenvalue weighted by Gasteiger charge is -2.09. The highest BCUT2D eigenvalue weighted by Gasteiger charge is 2.17. The highest BCUT2D eigenvalue weighted by Crippen LogP contribution is 2.32. The second-order valence-corrected chi connectivity index (χ2v) is 4.07. The Morgan fingerprint density at radius 3 is 2.62 bits per heavy atom. The summed E-state index contributed by atoms with van der Waals surface area (Å²) in [7, 11) is 3.14. The van der Waals surface area contributed by atoms with Crippen molar-refractivity contribution >= 4 is 5.82 Å². The Morgan fingerprint density at radius 1 is 1.14 bits per heavy atom. The molecule has 0 saturated carbocycles. The van der Waals surface area contributed by atoms with Gasteiger partial charge in [0, 0.05) is 5.56 Å². The fraction of sp³-hybridized carbons (Fsp3) is 0.167. The van der Waals surface area contributed by atoms with Crippen molar-refractivity contribution in [1.82, 2.24) is 25.3 Å². The average molecular weight is 288 g/mol. The van der Waals surface area contributed by atoms with Crippen molar-refractivity contribution in [2.45, 2.75) is 0 Å². The number of anilines is 1. The molecule has 2 N–H and O–H groups in total. The first-order valence-corrected chi connectivity index (χ1v) is 5.96. The minimum absolute atomic E-state index is 0.127. The van der Waals surface area contributed by atoms with E-state index in [2.05, 4.69) is 25.3 Å². The third-order valence-corrected chi connectivity index (χ3v) is 2.92. The van der Waals surface area contributed by atoms with Crippen LogP contribution in [0.1, 0.15) is 0 Å². The van der Waals surface area contributed by atoms with E-state index in [0.717, 1.165) is 5.56 Å². The van der Waals surface area contributed by atoms with E-state index in [9.17, 15) is 0 Å². The van der Waals surface area contributed by atoms with E-state index in [1.807, 2.05) is 6.07 Å². The summed E-state index contributed by atoms with van der Waals surface area (Å²) >= 11 is 0. The van der Waals surface area contributed by atoms with Gasteiger partial charge >= 0.3 is 0 Å². The number of nitrogens with two attached hydrogens (primary N) is 1. The number of hydrogen-bond acceptors (Lipinski definition) is 8. The van der Waals surface area contributed by atoms with E-state index in [0.29, 0.717) is 17.2 Å². The van der Waals surface area contributed by atoms with Gasteiger partial charge in [0.15, 0.2) is 11.5 Å². The van der Waals surface area contributed by atoms with Crippen LogP contribution >= 0.6 is 0 Å². The van der Waals surface area contributed by atoms with Gasteiger partial charge in [-0.15, -0.1) is 5.10 Å². The van der Waals surface area contributed by atoms with Crippen LogP contribution in [0.15, 0.2) is 29.0 Å². The minimum Gasteiger partial charge on any atom is -0.493 e. The molecule has 2 heterocycles. The van der Waals surface area contributed by atoms with Crippen LogP contribution in [0.2, 0.25) is 0 Å². The van der Waals surface area contributed by atoms with Crippen LogP contribution in [-0.4, -0.2) is 39.5 Å². The fourth-order valence-electron chi connectivity index (χ4n) is 1.92. The van der Waals surface area contributed by atoms with Crippen molar-refractivity contribution in [1.29, 1.82) is 0 Å². The highest BCUT2D eigenvalue weighted by molar-refractivity contribution is 5.66. The maximum absolute atomic E-state index is 5.68. The minimum atomic E-state index is 0.127. The predicted molar refractivity (Wildman–Crippen MR) is 72.2 cm³/mol. The van der Waals surface area contributed by atoms with Gasteiger partial charge in [-0.3, -0.25) is 0 Å². The Balaban J connectivity index is 2.10. The quantitative estimate of drug-likeness (QED) is 0.753. The van der Waals surface area contributed by atoms with E-state index < -0.39 is 0 Å². The number of ether oxygens (including phenoxy) is 2. The average Bonchev–Trinajstić information content (AvgIpc) is 3.14. The fourth-order valence-corrected chi connectivity index (χ4v) is 1.92. The summed E-state index contributed by atoms with van der Waals surface area (Å²) in [5.41, 5.74) is 7.15. The second-order valence-electron chi connectivity index (χ2n) is 4.07. The zero-order valence-electron chi connectivity index (χ0n) is 11.3. The van der Waals surface area contributed by atoms with Gasteiger partial charge in [0.05, 0.1) is 26.1 Å². The summed E-state index contributed by atoms with van der Waals surface area (Å²) in [6.07, 6.45) is 1.58. The molecule has 2 aromatic heterocycles. The molecule has 3 aromatic rings. The van der Waals surface area contributed by atoms with Gasteiger partial charge < -0.3 is 15.2 Å². The molecule has 0 aliphatic carbocycles. The molecule has 0 aliphatic heterocycles. The number of hydrogen-bond donors (Lipinski definition) is 1. The van der Waals surface area contributed by atoms with Crippen molar-refractivity contribution < 1.29 is 14.1 Å². The summed E-state index contributed by atoms with van der Waals surface area (Å²) < 4.78 is 16.5. The zero-order valence-corrected chi connectivity index (χ0v) is 11.3. The molecule has 0 amide bonds. The van der Waals surface area contributed by atoms with Crippen molar-refractivity contribution in [3.8, 4) is 28.6 Å². The Labute approximate surface area is 119 Å². The summed E-state index contributed by atoms with van der Waals surface area (Å²) in [5, 5.41) is 15.1. The predicted octanol–water partition coefficient (Wildman–Crippen LogP) is 0.917. The molecule has 0 bridgehead atoms. The monoisotopic (exact) mass is 288 g/mol.